The summed E-state index contributed by atoms with van der Waals surface area (Å²) in [6.45, 7) is 12.3. The van der Waals surface area contributed by atoms with Gasteiger partial charge in [-0.3, -0.25) is 0 Å². The highest BCUT2D eigenvalue weighted by Gasteiger charge is 2.15. The molecule has 0 aromatic heterocycles. The van der Waals surface area contributed by atoms with Gasteiger partial charge in [-0.15, -0.1) is 0 Å². The van der Waals surface area contributed by atoms with Crippen LogP contribution < -0.4 is 5.32 Å². The molecule has 2 nitrogen and oxygen atoms in total. The van der Waals surface area contributed by atoms with Crippen LogP contribution in [0.2, 0.25) is 0 Å². The molecular formula is C14H31NO. The van der Waals surface area contributed by atoms with Crippen LogP contribution in [0.25, 0.3) is 0 Å². The predicted octanol–water partition coefficient (Wildman–Crippen LogP) is 3.32. The van der Waals surface area contributed by atoms with Crippen molar-refractivity contribution in [3.8, 4) is 0 Å². The molecule has 98 valence electrons. The normalized spacial score (nSPS) is 15.4. The average Bonchev–Trinajstić information content (AvgIpc) is 2.22. The Morgan fingerprint density at radius 1 is 1.19 bits per heavy atom. The summed E-state index contributed by atoms with van der Waals surface area (Å²) < 4.78 is 5.04. The van der Waals surface area contributed by atoms with Gasteiger partial charge >= 0.3 is 0 Å². The van der Waals surface area contributed by atoms with E-state index in [9.17, 15) is 0 Å². The standard InChI is InChI=1S/C14H31NO/c1-6-7-13(4)10-14(12(2)3)11-15-8-9-16-5/h12-15H,6-11H2,1-5H3. The molecule has 0 aliphatic rings. The molecule has 2 atom stereocenters. The van der Waals surface area contributed by atoms with Gasteiger partial charge < -0.3 is 10.1 Å². The van der Waals surface area contributed by atoms with Crippen molar-refractivity contribution in [2.45, 2.75) is 47.0 Å². The Hall–Kier alpha value is -0.0800. The molecule has 0 aromatic carbocycles. The number of nitrogens with one attached hydrogen (secondary N) is 1. The van der Waals surface area contributed by atoms with Crippen molar-refractivity contribution in [1.29, 1.82) is 0 Å². The predicted molar refractivity (Wildman–Crippen MR) is 71.8 cm³/mol. The third kappa shape index (κ3) is 8.12. The topological polar surface area (TPSA) is 21.3 Å². The number of hydrogen-bond acceptors (Lipinski definition) is 2. The first-order chi connectivity index (χ1) is 7.61. The maximum Gasteiger partial charge on any atom is 0.0587 e. The molecule has 2 heteroatoms. The molecule has 0 saturated heterocycles. The SMILES string of the molecule is CCCC(C)CC(CNCCOC)C(C)C. The zero-order chi connectivity index (χ0) is 12.4. The van der Waals surface area contributed by atoms with Gasteiger partial charge in [-0.2, -0.15) is 0 Å². The summed E-state index contributed by atoms with van der Waals surface area (Å²) in [5, 5.41) is 3.49. The minimum atomic E-state index is 0.773. The van der Waals surface area contributed by atoms with Crippen LogP contribution in [0.3, 0.4) is 0 Å². The molecule has 0 saturated carbocycles. The van der Waals surface area contributed by atoms with Crippen LogP contribution in [-0.2, 0) is 4.74 Å². The van der Waals surface area contributed by atoms with Crippen molar-refractivity contribution < 1.29 is 4.74 Å². The van der Waals surface area contributed by atoms with Crippen molar-refractivity contribution in [3.63, 3.8) is 0 Å². The third-order valence-corrected chi connectivity index (χ3v) is 3.32. The highest BCUT2D eigenvalue weighted by molar-refractivity contribution is 4.69. The zero-order valence-corrected chi connectivity index (χ0v) is 11.9. The Balaban J connectivity index is 3.79. The first kappa shape index (κ1) is 15.9. The van der Waals surface area contributed by atoms with E-state index in [4.69, 9.17) is 4.74 Å². The van der Waals surface area contributed by atoms with Crippen LogP contribution in [0.4, 0.5) is 0 Å². The van der Waals surface area contributed by atoms with E-state index in [1.807, 2.05) is 0 Å². The monoisotopic (exact) mass is 229 g/mol. The van der Waals surface area contributed by atoms with Gasteiger partial charge in [-0.25, -0.2) is 0 Å². The second kappa shape index (κ2) is 10.1. The van der Waals surface area contributed by atoms with Gasteiger partial charge in [0.25, 0.3) is 0 Å². The lowest BCUT2D eigenvalue weighted by Gasteiger charge is -2.24. The van der Waals surface area contributed by atoms with Gasteiger partial charge in [0.1, 0.15) is 0 Å². The lowest BCUT2D eigenvalue weighted by atomic mass is 9.85. The summed E-state index contributed by atoms with van der Waals surface area (Å²) in [7, 11) is 1.75. The van der Waals surface area contributed by atoms with Crippen LogP contribution in [-0.4, -0.2) is 26.8 Å². The Labute approximate surface area is 102 Å². The minimum absolute atomic E-state index is 0.773. The fourth-order valence-electron chi connectivity index (χ4n) is 2.18. The molecule has 0 aliphatic heterocycles. The number of ether oxygens (including phenoxy) is 1. The van der Waals surface area contributed by atoms with Crippen LogP contribution in [0.15, 0.2) is 0 Å². The van der Waals surface area contributed by atoms with Gasteiger partial charge in [-0.1, -0.05) is 40.5 Å². The molecule has 0 spiro atoms. The molecule has 0 heterocycles. The summed E-state index contributed by atoms with van der Waals surface area (Å²) in [6, 6.07) is 0. The van der Waals surface area contributed by atoms with Crippen LogP contribution in [0, 0.1) is 17.8 Å². The maximum atomic E-state index is 5.04. The van der Waals surface area contributed by atoms with Crippen molar-refractivity contribution >= 4 is 0 Å². The first-order valence-electron chi connectivity index (χ1n) is 6.81. The number of methoxy groups -OCH3 is 1. The molecule has 0 rings (SSSR count). The lowest BCUT2D eigenvalue weighted by molar-refractivity contribution is 0.193. The highest BCUT2D eigenvalue weighted by atomic mass is 16.5. The lowest BCUT2D eigenvalue weighted by Crippen LogP contribution is -2.29. The summed E-state index contributed by atoms with van der Waals surface area (Å²) in [5.74, 6) is 2.44. The Bertz CT molecular complexity index is 148. The highest BCUT2D eigenvalue weighted by Crippen LogP contribution is 2.22. The van der Waals surface area contributed by atoms with E-state index in [1.165, 1.54) is 19.3 Å². The summed E-state index contributed by atoms with van der Waals surface area (Å²) in [6.07, 6.45) is 4.02. The Morgan fingerprint density at radius 3 is 2.38 bits per heavy atom. The van der Waals surface area contributed by atoms with E-state index >= 15 is 0 Å². The smallest absolute Gasteiger partial charge is 0.0587 e. The van der Waals surface area contributed by atoms with Crippen molar-refractivity contribution in [2.24, 2.45) is 17.8 Å². The van der Waals surface area contributed by atoms with Crippen molar-refractivity contribution in [2.75, 3.05) is 26.8 Å². The van der Waals surface area contributed by atoms with Gasteiger partial charge in [0.2, 0.25) is 0 Å². The summed E-state index contributed by atoms with van der Waals surface area (Å²) in [4.78, 5) is 0. The molecule has 0 radical (unpaired) electrons. The van der Waals surface area contributed by atoms with Gasteiger partial charge in [-0.05, 0) is 30.7 Å². The van der Waals surface area contributed by atoms with E-state index in [-0.39, 0.29) is 0 Å². The zero-order valence-electron chi connectivity index (χ0n) is 11.9. The van der Waals surface area contributed by atoms with E-state index < -0.39 is 0 Å². The van der Waals surface area contributed by atoms with E-state index in [0.717, 1.165) is 37.5 Å². The fraction of sp³-hybridized carbons (Fsp3) is 1.00. The van der Waals surface area contributed by atoms with E-state index in [2.05, 4.69) is 33.0 Å². The molecule has 0 aromatic rings. The minimum Gasteiger partial charge on any atom is -0.383 e. The third-order valence-electron chi connectivity index (χ3n) is 3.32. The molecule has 0 aliphatic carbocycles. The second-order valence-corrected chi connectivity index (χ2v) is 5.33. The largest absolute Gasteiger partial charge is 0.383 e. The van der Waals surface area contributed by atoms with Crippen LogP contribution >= 0.6 is 0 Å². The summed E-state index contributed by atoms with van der Waals surface area (Å²) >= 11 is 0. The summed E-state index contributed by atoms with van der Waals surface area (Å²) in [5.41, 5.74) is 0. The second-order valence-electron chi connectivity index (χ2n) is 5.33. The van der Waals surface area contributed by atoms with Gasteiger partial charge in [0.15, 0.2) is 0 Å². The quantitative estimate of drug-likeness (QED) is 0.580. The van der Waals surface area contributed by atoms with E-state index in [0.29, 0.717) is 0 Å². The Morgan fingerprint density at radius 2 is 1.88 bits per heavy atom. The van der Waals surface area contributed by atoms with Gasteiger partial charge in [0.05, 0.1) is 6.61 Å². The van der Waals surface area contributed by atoms with Crippen LogP contribution in [0.5, 0.6) is 0 Å². The van der Waals surface area contributed by atoms with E-state index in [1.54, 1.807) is 7.11 Å². The number of hydrogen-bond donors (Lipinski definition) is 1. The molecule has 0 amide bonds. The molecule has 16 heavy (non-hydrogen) atoms. The first-order valence-corrected chi connectivity index (χ1v) is 6.81. The fourth-order valence-corrected chi connectivity index (χ4v) is 2.18. The molecule has 0 bridgehead atoms. The van der Waals surface area contributed by atoms with Crippen molar-refractivity contribution in [3.05, 3.63) is 0 Å². The number of rotatable bonds is 10. The molecule has 2 unspecified atom stereocenters. The molecular weight excluding hydrogens is 198 g/mol. The van der Waals surface area contributed by atoms with Crippen molar-refractivity contribution in [1.82, 2.24) is 5.32 Å². The maximum absolute atomic E-state index is 5.04. The van der Waals surface area contributed by atoms with Crippen LogP contribution in [0.1, 0.15) is 47.0 Å². The average molecular weight is 229 g/mol. The Kier molecular flexibility index (Phi) is 10.0. The molecule has 0 fully saturated rings. The molecule has 1 N–H and O–H groups in total. The van der Waals surface area contributed by atoms with Gasteiger partial charge in [0, 0.05) is 13.7 Å².